The number of hydrogen-bond acceptors (Lipinski definition) is 6. The number of rotatable bonds is 19. The van der Waals surface area contributed by atoms with Gasteiger partial charge in [-0.2, -0.15) is 0 Å². The Hall–Kier alpha value is -0.690. The van der Waals surface area contributed by atoms with Gasteiger partial charge in [-0.05, 0) is 6.42 Å². The van der Waals surface area contributed by atoms with Crippen LogP contribution in [-0.4, -0.2) is 58.9 Å². The van der Waals surface area contributed by atoms with Crippen molar-refractivity contribution >= 4 is 5.97 Å². The molecule has 1 unspecified atom stereocenters. The largest absolute Gasteiger partial charge is 0.457 e. The molecule has 1 saturated heterocycles. The van der Waals surface area contributed by atoms with E-state index in [1.165, 1.54) is 77.0 Å². The van der Waals surface area contributed by atoms with Crippen LogP contribution in [0.5, 0.6) is 0 Å². The maximum absolute atomic E-state index is 11.9. The minimum atomic E-state index is -1.17. The van der Waals surface area contributed by atoms with Gasteiger partial charge >= 0.3 is 5.97 Å². The molecule has 1 rings (SSSR count). The third-order valence-electron chi connectivity index (χ3n) is 6.00. The first-order chi connectivity index (χ1) is 14.6. The fourth-order valence-electron chi connectivity index (χ4n) is 4.03. The van der Waals surface area contributed by atoms with Crippen molar-refractivity contribution in [2.24, 2.45) is 0 Å². The highest BCUT2D eigenvalue weighted by Gasteiger charge is 2.42. The quantitative estimate of drug-likeness (QED) is 0.209. The second kappa shape index (κ2) is 17.9. The maximum atomic E-state index is 11.9. The molecule has 6 nitrogen and oxygen atoms in total. The minimum Gasteiger partial charge on any atom is -0.457 e. The first-order valence-electron chi connectivity index (χ1n) is 12.4. The van der Waals surface area contributed by atoms with Crippen LogP contribution in [0.2, 0.25) is 0 Å². The molecule has 1 heterocycles. The Bertz CT molecular complexity index is 417. The number of carbonyl (C=O) groups is 1. The maximum Gasteiger partial charge on any atom is 0.306 e. The Kier molecular flexibility index (Phi) is 16.3. The van der Waals surface area contributed by atoms with Crippen molar-refractivity contribution in [3.05, 3.63) is 0 Å². The van der Waals surface area contributed by atoms with E-state index in [0.717, 1.165) is 19.3 Å². The lowest BCUT2D eigenvalue weighted by Gasteiger charge is -2.20. The van der Waals surface area contributed by atoms with Crippen molar-refractivity contribution in [2.75, 3.05) is 13.2 Å². The van der Waals surface area contributed by atoms with Crippen molar-refractivity contribution in [2.45, 2.75) is 134 Å². The summed E-state index contributed by atoms with van der Waals surface area (Å²) in [5.74, 6) is -0.337. The highest BCUT2D eigenvalue weighted by atomic mass is 16.6. The summed E-state index contributed by atoms with van der Waals surface area (Å²) in [5.41, 5.74) is 0. The average molecular weight is 431 g/mol. The van der Waals surface area contributed by atoms with Gasteiger partial charge < -0.3 is 24.8 Å². The number of ether oxygens (including phenoxy) is 2. The molecule has 0 aliphatic carbocycles. The van der Waals surface area contributed by atoms with Crippen LogP contribution in [-0.2, 0) is 14.3 Å². The van der Waals surface area contributed by atoms with E-state index in [1.54, 1.807) is 0 Å². The molecule has 0 saturated carbocycles. The lowest BCUT2D eigenvalue weighted by Crippen LogP contribution is -2.41. The van der Waals surface area contributed by atoms with E-state index in [2.05, 4.69) is 6.92 Å². The molecule has 6 heteroatoms. The summed E-state index contributed by atoms with van der Waals surface area (Å²) in [6.07, 6.45) is 15.6. The molecule has 0 spiro atoms. The van der Waals surface area contributed by atoms with Gasteiger partial charge in [0.1, 0.15) is 18.3 Å². The number of carbonyl (C=O) groups excluding carboxylic acids is 1. The van der Waals surface area contributed by atoms with Crippen LogP contribution in [0.3, 0.4) is 0 Å². The van der Waals surface area contributed by atoms with Crippen LogP contribution < -0.4 is 0 Å². The van der Waals surface area contributed by atoms with E-state index in [1.807, 2.05) is 0 Å². The van der Waals surface area contributed by atoms with Gasteiger partial charge in [0.25, 0.3) is 0 Å². The second-order valence-electron chi connectivity index (χ2n) is 8.77. The highest BCUT2D eigenvalue weighted by molar-refractivity contribution is 5.69. The van der Waals surface area contributed by atoms with Crippen LogP contribution in [0.25, 0.3) is 0 Å². The Labute approximate surface area is 183 Å². The Balaban J connectivity index is 1.87. The molecule has 0 bridgehead atoms. The molecule has 30 heavy (non-hydrogen) atoms. The lowest BCUT2D eigenvalue weighted by atomic mass is 10.0. The van der Waals surface area contributed by atoms with E-state index >= 15 is 0 Å². The van der Waals surface area contributed by atoms with Crippen molar-refractivity contribution in [3.8, 4) is 0 Å². The van der Waals surface area contributed by atoms with Gasteiger partial charge in [0.15, 0.2) is 6.10 Å². The fourth-order valence-corrected chi connectivity index (χ4v) is 4.03. The molecule has 3 N–H and O–H groups in total. The second-order valence-corrected chi connectivity index (χ2v) is 8.77. The van der Waals surface area contributed by atoms with Gasteiger partial charge in [-0.25, -0.2) is 0 Å². The summed E-state index contributed by atoms with van der Waals surface area (Å²) in [5, 5.41) is 28.5. The van der Waals surface area contributed by atoms with E-state index < -0.39 is 31.0 Å². The predicted molar refractivity (Wildman–Crippen MR) is 118 cm³/mol. The van der Waals surface area contributed by atoms with Crippen LogP contribution >= 0.6 is 0 Å². The summed E-state index contributed by atoms with van der Waals surface area (Å²) in [6, 6.07) is 0. The number of esters is 1. The Morgan fingerprint density at radius 1 is 0.900 bits per heavy atom. The SMILES string of the molecule is CCCCCCCCCCCCCCCCCC(=O)O[C@@H]1CO[C@H](C(O)CO)[C@H]1O. The van der Waals surface area contributed by atoms with Crippen LogP contribution in [0, 0.1) is 0 Å². The van der Waals surface area contributed by atoms with Crippen molar-refractivity contribution < 1.29 is 29.6 Å². The smallest absolute Gasteiger partial charge is 0.306 e. The minimum absolute atomic E-state index is 0.0491. The Morgan fingerprint density at radius 2 is 1.37 bits per heavy atom. The van der Waals surface area contributed by atoms with Crippen molar-refractivity contribution in [1.29, 1.82) is 0 Å². The molecular formula is C24H46O6. The first kappa shape index (κ1) is 27.3. The first-order valence-corrected chi connectivity index (χ1v) is 12.4. The summed E-state index contributed by atoms with van der Waals surface area (Å²) in [6.45, 7) is 1.81. The number of aliphatic hydroxyl groups excluding tert-OH is 3. The van der Waals surface area contributed by atoms with Gasteiger partial charge in [0, 0.05) is 6.42 Å². The summed E-state index contributed by atoms with van der Waals surface area (Å²) in [4.78, 5) is 11.9. The number of hydrogen-bond donors (Lipinski definition) is 3. The summed E-state index contributed by atoms with van der Waals surface area (Å²) >= 11 is 0. The third-order valence-corrected chi connectivity index (χ3v) is 6.00. The summed E-state index contributed by atoms with van der Waals surface area (Å²) in [7, 11) is 0. The van der Waals surface area contributed by atoms with E-state index in [0.29, 0.717) is 6.42 Å². The molecular weight excluding hydrogens is 384 g/mol. The normalized spacial score (nSPS) is 22.3. The fraction of sp³-hybridized carbons (Fsp3) is 0.958. The Morgan fingerprint density at radius 3 is 1.83 bits per heavy atom. The van der Waals surface area contributed by atoms with Gasteiger partial charge in [0.2, 0.25) is 0 Å². The molecule has 0 aromatic rings. The van der Waals surface area contributed by atoms with Crippen LogP contribution in [0.1, 0.15) is 110 Å². The molecule has 1 aliphatic rings. The van der Waals surface area contributed by atoms with E-state index in [-0.39, 0.29) is 12.6 Å². The number of aliphatic hydroxyl groups is 3. The van der Waals surface area contributed by atoms with Gasteiger partial charge in [-0.15, -0.1) is 0 Å². The molecule has 1 aliphatic heterocycles. The zero-order valence-corrected chi connectivity index (χ0v) is 19.1. The van der Waals surface area contributed by atoms with Gasteiger partial charge in [-0.3, -0.25) is 4.79 Å². The molecule has 0 aromatic carbocycles. The molecule has 1 fully saturated rings. The molecule has 178 valence electrons. The number of unbranched alkanes of at least 4 members (excludes halogenated alkanes) is 14. The van der Waals surface area contributed by atoms with Crippen LogP contribution in [0.4, 0.5) is 0 Å². The molecule has 0 amide bonds. The predicted octanol–water partition coefficient (Wildman–Crippen LogP) is 4.27. The van der Waals surface area contributed by atoms with Crippen LogP contribution in [0.15, 0.2) is 0 Å². The molecule has 4 atom stereocenters. The van der Waals surface area contributed by atoms with Crippen molar-refractivity contribution in [1.82, 2.24) is 0 Å². The van der Waals surface area contributed by atoms with Gasteiger partial charge in [0.05, 0.1) is 13.2 Å². The zero-order chi connectivity index (χ0) is 22.0. The topological polar surface area (TPSA) is 96.2 Å². The van der Waals surface area contributed by atoms with E-state index in [9.17, 15) is 15.0 Å². The molecule has 0 aromatic heterocycles. The standard InChI is InChI=1S/C24H46O6/c1-2-3-4-5-6-7-8-9-10-11-12-13-14-15-16-17-22(27)30-21-19-29-24(23(21)28)20(26)18-25/h20-21,23-26,28H,2-19H2,1H3/t20?,21-,23+,24-/m1/s1. The van der Waals surface area contributed by atoms with E-state index in [4.69, 9.17) is 14.6 Å². The van der Waals surface area contributed by atoms with Gasteiger partial charge in [-0.1, -0.05) is 96.8 Å². The highest BCUT2D eigenvalue weighted by Crippen LogP contribution is 2.21. The monoisotopic (exact) mass is 430 g/mol. The lowest BCUT2D eigenvalue weighted by molar-refractivity contribution is -0.153. The zero-order valence-electron chi connectivity index (χ0n) is 19.1. The third kappa shape index (κ3) is 12.2. The van der Waals surface area contributed by atoms with Crippen molar-refractivity contribution in [3.63, 3.8) is 0 Å². The molecule has 0 radical (unpaired) electrons. The summed E-state index contributed by atoms with van der Waals surface area (Å²) < 4.78 is 10.5. The average Bonchev–Trinajstić information content (AvgIpc) is 3.10.